The first-order chi connectivity index (χ1) is 14.3. The fourth-order valence-electron chi connectivity index (χ4n) is 3.59. The molecule has 1 fully saturated rings. The summed E-state index contributed by atoms with van der Waals surface area (Å²) in [5, 5.41) is 7.52. The Morgan fingerprint density at radius 1 is 1.17 bits per heavy atom. The molecule has 1 saturated heterocycles. The molecule has 1 aromatic carbocycles. The van der Waals surface area contributed by atoms with E-state index in [1.165, 1.54) is 10.9 Å². The second-order valence-corrected chi connectivity index (χ2v) is 7.18. The molecule has 0 aliphatic carbocycles. The van der Waals surface area contributed by atoms with Crippen molar-refractivity contribution in [3.63, 3.8) is 0 Å². The van der Waals surface area contributed by atoms with Crippen molar-refractivity contribution in [1.29, 1.82) is 0 Å². The van der Waals surface area contributed by atoms with Gasteiger partial charge in [0.25, 0.3) is 5.91 Å². The number of H-pyrrole nitrogens is 1. The van der Waals surface area contributed by atoms with Gasteiger partial charge >= 0.3 is 0 Å². The molecule has 3 N–H and O–H groups in total. The number of nitrogens with zero attached hydrogens (tertiary/aromatic N) is 2. The number of hydrogen-bond donors (Lipinski definition) is 3. The van der Waals surface area contributed by atoms with Crippen LogP contribution in [-0.4, -0.2) is 66.7 Å². The molecule has 0 saturated carbocycles. The first-order valence-electron chi connectivity index (χ1n) is 10.1. The number of fused-ring (bicyclic) bond motifs is 1. The smallest absolute Gasteiger partial charge is 0.251 e. The van der Waals surface area contributed by atoms with Crippen LogP contribution < -0.4 is 10.6 Å². The minimum Gasteiger partial charge on any atom is -0.379 e. The fraction of sp³-hybridized carbons (Fsp3) is 0.364. The van der Waals surface area contributed by atoms with Crippen molar-refractivity contribution in [1.82, 2.24) is 20.2 Å². The average molecular weight is 393 g/mol. The van der Waals surface area contributed by atoms with E-state index >= 15 is 0 Å². The van der Waals surface area contributed by atoms with E-state index in [4.69, 9.17) is 4.74 Å². The van der Waals surface area contributed by atoms with Crippen LogP contribution in [0.4, 0.5) is 5.82 Å². The van der Waals surface area contributed by atoms with E-state index in [9.17, 15) is 4.79 Å². The summed E-state index contributed by atoms with van der Waals surface area (Å²) in [6, 6.07) is 11.8. The van der Waals surface area contributed by atoms with Gasteiger partial charge in [-0.3, -0.25) is 9.69 Å². The third kappa shape index (κ3) is 5.13. The van der Waals surface area contributed by atoms with Crippen molar-refractivity contribution in [3.05, 3.63) is 59.9 Å². The van der Waals surface area contributed by atoms with E-state index < -0.39 is 0 Å². The Bertz CT molecular complexity index is 949. The lowest BCUT2D eigenvalue weighted by Gasteiger charge is -2.26. The lowest BCUT2D eigenvalue weighted by Crippen LogP contribution is -2.39. The second kappa shape index (κ2) is 9.54. The molecule has 0 atom stereocenters. The third-order valence-electron chi connectivity index (χ3n) is 5.21. The zero-order chi connectivity index (χ0) is 19.9. The van der Waals surface area contributed by atoms with Gasteiger partial charge in [-0.2, -0.15) is 0 Å². The van der Waals surface area contributed by atoms with Gasteiger partial charge in [-0.25, -0.2) is 4.98 Å². The number of carbonyl (C=O) groups excluding carboxylic acids is 1. The first-order valence-corrected chi connectivity index (χ1v) is 10.1. The molecule has 7 nitrogen and oxygen atoms in total. The van der Waals surface area contributed by atoms with E-state index in [2.05, 4.69) is 37.6 Å². The molecule has 3 heterocycles. The maximum absolute atomic E-state index is 12.5. The summed E-state index contributed by atoms with van der Waals surface area (Å²) in [7, 11) is 0. The Labute approximate surface area is 170 Å². The normalized spacial score (nSPS) is 14.8. The van der Waals surface area contributed by atoms with E-state index in [1.54, 1.807) is 18.3 Å². The highest BCUT2D eigenvalue weighted by Gasteiger charge is 2.11. The number of carbonyl (C=O) groups is 1. The standard InChI is InChI=1S/C22H27N5O2/c28-22(25-8-6-18-16-26-20-4-2-1-3-19(18)20)17-5-7-23-21(15-17)24-9-10-27-11-13-29-14-12-27/h1-5,7,15-16,26H,6,8-14H2,(H,23,24)(H,25,28). The van der Waals surface area contributed by atoms with Crippen LogP contribution >= 0.6 is 0 Å². The number of para-hydroxylation sites is 1. The molecule has 2 aromatic heterocycles. The number of benzene rings is 1. The minimum absolute atomic E-state index is 0.0801. The molecule has 152 valence electrons. The molecule has 0 unspecified atom stereocenters. The Hall–Kier alpha value is -2.90. The van der Waals surface area contributed by atoms with Crippen molar-refractivity contribution in [2.45, 2.75) is 6.42 Å². The second-order valence-electron chi connectivity index (χ2n) is 7.18. The molecule has 7 heteroatoms. The van der Waals surface area contributed by atoms with Gasteiger partial charge in [0.1, 0.15) is 5.82 Å². The van der Waals surface area contributed by atoms with Crippen LogP contribution in [0.2, 0.25) is 0 Å². The van der Waals surface area contributed by atoms with Crippen LogP contribution in [0.25, 0.3) is 10.9 Å². The zero-order valence-corrected chi connectivity index (χ0v) is 16.5. The first kappa shape index (κ1) is 19.4. The van der Waals surface area contributed by atoms with Crippen molar-refractivity contribution < 1.29 is 9.53 Å². The molecule has 3 aromatic rings. The molecule has 0 radical (unpaired) electrons. The van der Waals surface area contributed by atoms with Crippen LogP contribution in [0, 0.1) is 0 Å². The van der Waals surface area contributed by atoms with Gasteiger partial charge in [0.15, 0.2) is 0 Å². The minimum atomic E-state index is -0.0801. The number of aromatic amines is 1. The third-order valence-corrected chi connectivity index (χ3v) is 5.21. The molecule has 0 bridgehead atoms. The summed E-state index contributed by atoms with van der Waals surface area (Å²) < 4.78 is 5.36. The highest BCUT2D eigenvalue weighted by Crippen LogP contribution is 2.17. The van der Waals surface area contributed by atoms with Gasteiger partial charge in [0.2, 0.25) is 0 Å². The van der Waals surface area contributed by atoms with Gasteiger partial charge in [-0.15, -0.1) is 0 Å². The number of amides is 1. The summed E-state index contributed by atoms with van der Waals surface area (Å²) in [4.78, 5) is 22.5. The van der Waals surface area contributed by atoms with Crippen molar-refractivity contribution >= 4 is 22.6 Å². The summed E-state index contributed by atoms with van der Waals surface area (Å²) in [5.74, 6) is 0.644. The maximum Gasteiger partial charge on any atom is 0.251 e. The lowest BCUT2D eigenvalue weighted by molar-refractivity contribution is 0.0398. The van der Waals surface area contributed by atoms with E-state index in [0.717, 1.165) is 57.1 Å². The number of hydrogen-bond acceptors (Lipinski definition) is 5. The summed E-state index contributed by atoms with van der Waals surface area (Å²) in [5.41, 5.74) is 2.95. The van der Waals surface area contributed by atoms with Crippen LogP contribution in [-0.2, 0) is 11.2 Å². The Balaban J connectivity index is 1.25. The summed E-state index contributed by atoms with van der Waals surface area (Å²) in [6.07, 6.45) is 4.47. The van der Waals surface area contributed by atoms with E-state index in [0.29, 0.717) is 12.1 Å². The number of rotatable bonds is 8. The highest BCUT2D eigenvalue weighted by molar-refractivity contribution is 5.94. The topological polar surface area (TPSA) is 82.3 Å². The molecule has 1 aliphatic heterocycles. The van der Waals surface area contributed by atoms with Crippen LogP contribution in [0.3, 0.4) is 0 Å². The highest BCUT2D eigenvalue weighted by atomic mass is 16.5. The Morgan fingerprint density at radius 3 is 2.93 bits per heavy atom. The van der Waals surface area contributed by atoms with E-state index in [-0.39, 0.29) is 5.91 Å². The monoisotopic (exact) mass is 393 g/mol. The molecule has 1 aliphatic rings. The van der Waals surface area contributed by atoms with Crippen molar-refractivity contribution in [3.8, 4) is 0 Å². The van der Waals surface area contributed by atoms with Crippen molar-refractivity contribution in [2.75, 3.05) is 51.3 Å². The van der Waals surface area contributed by atoms with E-state index in [1.807, 2.05) is 18.3 Å². The quantitative estimate of drug-likeness (QED) is 0.547. The van der Waals surface area contributed by atoms with Crippen LogP contribution in [0.15, 0.2) is 48.8 Å². The summed E-state index contributed by atoms with van der Waals surface area (Å²) >= 11 is 0. The molecule has 0 spiro atoms. The fourth-order valence-corrected chi connectivity index (χ4v) is 3.59. The Morgan fingerprint density at radius 2 is 2.03 bits per heavy atom. The predicted octanol–water partition coefficient (Wildman–Crippen LogP) is 2.28. The molecular formula is C22H27N5O2. The SMILES string of the molecule is O=C(NCCc1c[nH]c2ccccc12)c1ccnc(NCCN2CCOCC2)c1. The van der Waals surface area contributed by atoms with Gasteiger partial charge in [-0.05, 0) is 30.2 Å². The van der Waals surface area contributed by atoms with Gasteiger partial charge in [0.05, 0.1) is 13.2 Å². The Kier molecular flexibility index (Phi) is 6.38. The largest absolute Gasteiger partial charge is 0.379 e. The average Bonchev–Trinajstić information content (AvgIpc) is 3.18. The van der Waals surface area contributed by atoms with Crippen LogP contribution in [0.1, 0.15) is 15.9 Å². The van der Waals surface area contributed by atoms with Gasteiger partial charge in [0, 0.05) is 61.6 Å². The number of ether oxygens (including phenoxy) is 1. The van der Waals surface area contributed by atoms with Gasteiger partial charge in [-0.1, -0.05) is 18.2 Å². The number of anilines is 1. The molecule has 1 amide bonds. The van der Waals surface area contributed by atoms with Gasteiger partial charge < -0.3 is 20.4 Å². The number of nitrogens with one attached hydrogen (secondary N) is 3. The number of pyridine rings is 1. The van der Waals surface area contributed by atoms with Crippen molar-refractivity contribution in [2.24, 2.45) is 0 Å². The lowest BCUT2D eigenvalue weighted by atomic mass is 10.1. The molecular weight excluding hydrogens is 366 g/mol. The predicted molar refractivity (Wildman–Crippen MR) is 114 cm³/mol. The zero-order valence-electron chi connectivity index (χ0n) is 16.5. The van der Waals surface area contributed by atoms with Crippen LogP contribution in [0.5, 0.6) is 0 Å². The number of aromatic nitrogens is 2. The molecule has 29 heavy (non-hydrogen) atoms. The number of morpholine rings is 1. The maximum atomic E-state index is 12.5. The molecule has 4 rings (SSSR count). The summed E-state index contributed by atoms with van der Waals surface area (Å²) in [6.45, 7) is 5.84.